The van der Waals surface area contributed by atoms with Gasteiger partial charge in [-0.1, -0.05) is 0 Å². The first-order valence-corrected chi connectivity index (χ1v) is 7.07. The van der Waals surface area contributed by atoms with Crippen molar-refractivity contribution in [3.63, 3.8) is 0 Å². The van der Waals surface area contributed by atoms with Crippen LogP contribution in [0.1, 0.15) is 28.5 Å². The maximum Gasteiger partial charge on any atom is 0.180 e. The Morgan fingerprint density at radius 2 is 2.22 bits per heavy atom. The Morgan fingerprint density at radius 1 is 1.35 bits per heavy atom. The molecule has 1 aliphatic heterocycles. The molecule has 1 saturated heterocycles. The van der Waals surface area contributed by atoms with E-state index in [1.165, 1.54) is 15.6 Å². The molecule has 1 fully saturated rings. The van der Waals surface area contributed by atoms with E-state index in [2.05, 4.69) is 10.1 Å². The fourth-order valence-electron chi connectivity index (χ4n) is 2.67. The zero-order valence-corrected chi connectivity index (χ0v) is 12.0. The number of nitrogens with zero attached hydrogens (tertiary/aromatic N) is 4. The van der Waals surface area contributed by atoms with Crippen LogP contribution in [-0.2, 0) is 0 Å². The van der Waals surface area contributed by atoms with Crippen molar-refractivity contribution in [2.24, 2.45) is 0 Å². The number of hydrogen-bond donors (Lipinski definition) is 1. The summed E-state index contributed by atoms with van der Waals surface area (Å²) in [5.74, 6) is -1.34. The van der Waals surface area contributed by atoms with Crippen LogP contribution in [0.4, 0.5) is 20.3 Å². The summed E-state index contributed by atoms with van der Waals surface area (Å²) in [5, 5.41) is 4.01. The number of anilines is 2. The van der Waals surface area contributed by atoms with Gasteiger partial charge in [0.05, 0.1) is 19.3 Å². The van der Waals surface area contributed by atoms with Gasteiger partial charge in [0.1, 0.15) is 17.5 Å². The van der Waals surface area contributed by atoms with Crippen LogP contribution in [0.3, 0.4) is 0 Å². The first kappa shape index (κ1) is 10.9. The van der Waals surface area contributed by atoms with E-state index in [0.29, 0.717) is 11.3 Å². The number of hydrogen-bond acceptors (Lipinski definition) is 4. The number of rotatable bonds is 2. The smallest absolute Gasteiger partial charge is 0.180 e. The Labute approximate surface area is 135 Å². The van der Waals surface area contributed by atoms with Gasteiger partial charge in [-0.05, 0) is 37.1 Å². The standard InChI is InChI=1S/C16H15F2N5/c17-10-3-4-12(18)11(8-10)14-2-1-6-22(14)15-5-7-23-16(21-15)13(19)9-20-23/h3-5,7-9,14H,1-2,6,19H2/i2D2,14D. The Hall–Kier alpha value is -2.70. The van der Waals surface area contributed by atoms with Gasteiger partial charge in [0.25, 0.3) is 0 Å². The van der Waals surface area contributed by atoms with E-state index >= 15 is 0 Å². The molecule has 1 unspecified atom stereocenters. The van der Waals surface area contributed by atoms with Crippen molar-refractivity contribution < 1.29 is 12.9 Å². The molecule has 3 aromatic rings. The van der Waals surface area contributed by atoms with E-state index in [1.54, 1.807) is 12.3 Å². The van der Waals surface area contributed by atoms with Crippen molar-refractivity contribution in [1.29, 1.82) is 0 Å². The molecule has 0 radical (unpaired) electrons. The monoisotopic (exact) mass is 318 g/mol. The Balaban J connectivity index is 1.91. The summed E-state index contributed by atoms with van der Waals surface area (Å²) in [6.07, 6.45) is 0.842. The number of benzene rings is 1. The topological polar surface area (TPSA) is 59.5 Å². The van der Waals surface area contributed by atoms with Crippen LogP contribution in [0.15, 0.2) is 36.7 Å². The number of fused-ring (bicyclic) bond motifs is 1. The molecule has 4 rings (SSSR count). The largest absolute Gasteiger partial charge is 0.394 e. The van der Waals surface area contributed by atoms with Gasteiger partial charge in [0.2, 0.25) is 0 Å². The van der Waals surface area contributed by atoms with Crippen LogP contribution in [-0.4, -0.2) is 21.1 Å². The summed E-state index contributed by atoms with van der Waals surface area (Å²) in [4.78, 5) is 5.68. The highest BCUT2D eigenvalue weighted by molar-refractivity contribution is 5.65. The van der Waals surface area contributed by atoms with Crippen molar-refractivity contribution >= 4 is 17.2 Å². The second-order valence-corrected chi connectivity index (χ2v) is 5.21. The molecule has 3 heterocycles. The number of nitrogen functional groups attached to an aromatic ring is 1. The Kier molecular flexibility index (Phi) is 2.47. The van der Waals surface area contributed by atoms with Crippen molar-refractivity contribution in [2.45, 2.75) is 18.8 Å². The molecule has 0 amide bonds. The van der Waals surface area contributed by atoms with Gasteiger partial charge in [0, 0.05) is 21.0 Å². The maximum atomic E-state index is 14.4. The van der Waals surface area contributed by atoms with Crippen LogP contribution in [0, 0.1) is 11.6 Å². The minimum atomic E-state index is -2.18. The van der Waals surface area contributed by atoms with Crippen LogP contribution >= 0.6 is 0 Å². The molecular formula is C16H15F2N5. The molecule has 1 atom stereocenters. The van der Waals surface area contributed by atoms with Crippen molar-refractivity contribution in [1.82, 2.24) is 14.6 Å². The third kappa shape index (κ3) is 2.28. The summed E-state index contributed by atoms with van der Waals surface area (Å²) in [6.45, 7) is 0.115. The summed E-state index contributed by atoms with van der Waals surface area (Å²) in [7, 11) is 0. The van der Waals surface area contributed by atoms with Crippen LogP contribution < -0.4 is 10.6 Å². The molecule has 0 saturated carbocycles. The number of aromatic nitrogens is 3. The van der Waals surface area contributed by atoms with Crippen molar-refractivity contribution in [3.8, 4) is 0 Å². The van der Waals surface area contributed by atoms with Gasteiger partial charge in [-0.2, -0.15) is 5.10 Å². The zero-order chi connectivity index (χ0) is 18.7. The van der Waals surface area contributed by atoms with Gasteiger partial charge in [-0.3, -0.25) is 0 Å². The zero-order valence-electron chi connectivity index (χ0n) is 15.0. The fourth-order valence-corrected chi connectivity index (χ4v) is 2.67. The van der Waals surface area contributed by atoms with Gasteiger partial charge < -0.3 is 10.6 Å². The summed E-state index contributed by atoms with van der Waals surface area (Å²) in [6, 6.07) is 2.07. The maximum absolute atomic E-state index is 14.4. The fraction of sp³-hybridized carbons (Fsp3) is 0.250. The average Bonchev–Trinajstić information content (AvgIpc) is 3.08. The minimum Gasteiger partial charge on any atom is -0.394 e. The number of halogens is 2. The predicted octanol–water partition coefficient (Wildman–Crippen LogP) is 2.93. The number of nitrogens with two attached hydrogens (primary N) is 1. The van der Waals surface area contributed by atoms with E-state index in [-0.39, 0.29) is 24.3 Å². The lowest BCUT2D eigenvalue weighted by atomic mass is 10.0. The van der Waals surface area contributed by atoms with E-state index in [0.717, 1.165) is 18.2 Å². The lowest BCUT2D eigenvalue weighted by Crippen LogP contribution is -2.24. The van der Waals surface area contributed by atoms with Crippen LogP contribution in [0.2, 0.25) is 0 Å². The minimum absolute atomic E-state index is 0.0337. The molecule has 0 aliphatic carbocycles. The van der Waals surface area contributed by atoms with Gasteiger partial charge in [-0.15, -0.1) is 0 Å². The normalized spacial score (nSPS) is 25.3. The Morgan fingerprint density at radius 3 is 3.09 bits per heavy atom. The van der Waals surface area contributed by atoms with E-state index in [4.69, 9.17) is 9.85 Å². The SMILES string of the molecule is [2H]C1([2H])CCN(c2ccn3ncc(N)c3n2)C1([2H])c1cc(F)ccc1F. The first-order valence-electron chi connectivity index (χ1n) is 8.57. The summed E-state index contributed by atoms with van der Waals surface area (Å²) >= 11 is 0. The summed E-state index contributed by atoms with van der Waals surface area (Å²) in [5.41, 5.74) is 6.12. The molecule has 0 spiro atoms. The molecule has 0 bridgehead atoms. The molecule has 1 aliphatic rings. The van der Waals surface area contributed by atoms with Gasteiger partial charge in [-0.25, -0.2) is 18.3 Å². The predicted molar refractivity (Wildman–Crippen MR) is 83.1 cm³/mol. The summed E-state index contributed by atoms with van der Waals surface area (Å²) < 4.78 is 55.0. The van der Waals surface area contributed by atoms with Gasteiger partial charge >= 0.3 is 0 Å². The third-order valence-corrected chi connectivity index (χ3v) is 3.74. The highest BCUT2D eigenvalue weighted by Crippen LogP contribution is 2.36. The van der Waals surface area contributed by atoms with Crippen LogP contribution in [0.5, 0.6) is 0 Å². The molecule has 23 heavy (non-hydrogen) atoms. The highest BCUT2D eigenvalue weighted by Gasteiger charge is 2.29. The molecule has 1 aromatic carbocycles. The molecule has 118 valence electrons. The molecule has 2 N–H and O–H groups in total. The lowest BCUT2D eigenvalue weighted by Gasteiger charge is -2.26. The molecule has 2 aromatic heterocycles. The van der Waals surface area contributed by atoms with E-state index in [1.807, 2.05) is 0 Å². The second kappa shape index (κ2) is 5.19. The average molecular weight is 318 g/mol. The van der Waals surface area contributed by atoms with E-state index in [9.17, 15) is 8.78 Å². The first-order chi connectivity index (χ1) is 12.2. The quantitative estimate of drug-likeness (QED) is 0.789. The molecule has 7 heteroatoms. The Bertz CT molecular complexity index is 1010. The van der Waals surface area contributed by atoms with Gasteiger partial charge in [0.15, 0.2) is 5.65 Å². The molecule has 5 nitrogen and oxygen atoms in total. The third-order valence-electron chi connectivity index (χ3n) is 3.74. The van der Waals surface area contributed by atoms with Crippen molar-refractivity contribution in [2.75, 3.05) is 17.2 Å². The van der Waals surface area contributed by atoms with E-state index < -0.39 is 24.0 Å². The van der Waals surface area contributed by atoms with Crippen LogP contribution in [0.25, 0.3) is 5.65 Å². The molecular weight excluding hydrogens is 300 g/mol. The second-order valence-electron chi connectivity index (χ2n) is 5.21. The van der Waals surface area contributed by atoms with Crippen molar-refractivity contribution in [3.05, 3.63) is 53.9 Å². The highest BCUT2D eigenvalue weighted by atomic mass is 19.1. The lowest BCUT2D eigenvalue weighted by molar-refractivity contribution is 0.560.